The standard InChI is InChI=1S/C16H22O2/c1-11(2)8-15(17)14-9-12(3)16-13(10-14)6-4-5-7-18-16/h9-11H,4-8H2,1-3H3. The van der Waals surface area contributed by atoms with Gasteiger partial charge in [0.2, 0.25) is 0 Å². The van der Waals surface area contributed by atoms with Gasteiger partial charge >= 0.3 is 0 Å². The highest BCUT2D eigenvalue weighted by molar-refractivity contribution is 5.96. The Morgan fingerprint density at radius 2 is 2.11 bits per heavy atom. The van der Waals surface area contributed by atoms with Crippen molar-refractivity contribution >= 4 is 5.78 Å². The third-order valence-corrected chi connectivity index (χ3v) is 3.35. The van der Waals surface area contributed by atoms with Gasteiger partial charge in [-0.25, -0.2) is 0 Å². The fourth-order valence-corrected chi connectivity index (χ4v) is 2.48. The van der Waals surface area contributed by atoms with E-state index in [0.29, 0.717) is 12.3 Å². The minimum atomic E-state index is 0.250. The molecule has 98 valence electrons. The van der Waals surface area contributed by atoms with Crippen LogP contribution in [0.4, 0.5) is 0 Å². The molecule has 2 nitrogen and oxygen atoms in total. The van der Waals surface area contributed by atoms with Gasteiger partial charge < -0.3 is 4.74 Å². The normalized spacial score (nSPS) is 14.9. The van der Waals surface area contributed by atoms with E-state index in [1.807, 2.05) is 19.1 Å². The van der Waals surface area contributed by atoms with Crippen LogP contribution < -0.4 is 4.74 Å². The summed E-state index contributed by atoms with van der Waals surface area (Å²) in [6.45, 7) is 7.00. The first-order chi connectivity index (χ1) is 8.58. The number of Topliss-reactive ketones (excluding diaryl/α,β-unsaturated/α-hetero) is 1. The van der Waals surface area contributed by atoms with Gasteiger partial charge in [0.25, 0.3) is 0 Å². The summed E-state index contributed by atoms with van der Waals surface area (Å²) in [7, 11) is 0. The predicted molar refractivity (Wildman–Crippen MR) is 73.4 cm³/mol. The van der Waals surface area contributed by atoms with Gasteiger partial charge in [0.15, 0.2) is 5.78 Å². The maximum absolute atomic E-state index is 12.1. The SMILES string of the molecule is Cc1cc(C(=O)CC(C)C)cc2c1OCCCC2. The lowest BCUT2D eigenvalue weighted by molar-refractivity contribution is 0.0967. The molecule has 2 heteroatoms. The van der Waals surface area contributed by atoms with Crippen LogP contribution in [0.5, 0.6) is 5.75 Å². The zero-order valence-electron chi connectivity index (χ0n) is 11.6. The summed E-state index contributed by atoms with van der Waals surface area (Å²) in [5.74, 6) is 1.67. The Bertz CT molecular complexity index is 447. The smallest absolute Gasteiger partial charge is 0.163 e. The van der Waals surface area contributed by atoms with Crippen molar-refractivity contribution in [2.45, 2.75) is 46.5 Å². The summed E-state index contributed by atoms with van der Waals surface area (Å²) in [4.78, 5) is 12.1. The highest BCUT2D eigenvalue weighted by Crippen LogP contribution is 2.30. The molecule has 0 unspecified atom stereocenters. The van der Waals surface area contributed by atoms with Crippen molar-refractivity contribution in [1.29, 1.82) is 0 Å². The molecule has 0 spiro atoms. The number of carbonyl (C=O) groups excluding carboxylic acids is 1. The number of hydrogen-bond donors (Lipinski definition) is 0. The van der Waals surface area contributed by atoms with E-state index in [4.69, 9.17) is 4.74 Å². The molecule has 0 saturated heterocycles. The molecule has 1 aromatic carbocycles. The summed E-state index contributed by atoms with van der Waals surface area (Å²) >= 11 is 0. The molecule has 0 amide bonds. The van der Waals surface area contributed by atoms with Gasteiger partial charge in [0, 0.05) is 12.0 Å². The van der Waals surface area contributed by atoms with Crippen LogP contribution in [-0.2, 0) is 6.42 Å². The molecular formula is C16H22O2. The molecule has 0 aliphatic carbocycles. The van der Waals surface area contributed by atoms with Crippen LogP contribution in [0.1, 0.15) is 54.6 Å². The van der Waals surface area contributed by atoms with Crippen molar-refractivity contribution in [3.63, 3.8) is 0 Å². The van der Waals surface area contributed by atoms with E-state index >= 15 is 0 Å². The van der Waals surface area contributed by atoms with E-state index < -0.39 is 0 Å². The van der Waals surface area contributed by atoms with Gasteiger partial charge in [0.05, 0.1) is 6.61 Å². The number of rotatable bonds is 3. The van der Waals surface area contributed by atoms with Gasteiger partial charge in [-0.3, -0.25) is 4.79 Å². The van der Waals surface area contributed by atoms with Gasteiger partial charge in [-0.05, 0) is 55.4 Å². The van der Waals surface area contributed by atoms with E-state index in [2.05, 4.69) is 13.8 Å². The fraction of sp³-hybridized carbons (Fsp3) is 0.562. The number of fused-ring (bicyclic) bond motifs is 1. The topological polar surface area (TPSA) is 26.3 Å². The largest absolute Gasteiger partial charge is 0.493 e. The molecule has 1 aliphatic heterocycles. The van der Waals surface area contributed by atoms with E-state index in [1.165, 1.54) is 5.56 Å². The zero-order valence-corrected chi connectivity index (χ0v) is 11.6. The second-order valence-corrected chi connectivity index (χ2v) is 5.61. The Hall–Kier alpha value is -1.31. The summed E-state index contributed by atoms with van der Waals surface area (Å²) in [6, 6.07) is 4.02. The lowest BCUT2D eigenvalue weighted by Crippen LogP contribution is -2.06. The summed E-state index contributed by atoms with van der Waals surface area (Å²) in [5.41, 5.74) is 3.16. The monoisotopic (exact) mass is 246 g/mol. The van der Waals surface area contributed by atoms with Crippen LogP contribution in [0.15, 0.2) is 12.1 Å². The molecule has 1 aliphatic rings. The van der Waals surface area contributed by atoms with E-state index in [1.54, 1.807) is 0 Å². The number of hydrogen-bond acceptors (Lipinski definition) is 2. The van der Waals surface area contributed by atoms with Crippen LogP contribution in [0, 0.1) is 12.8 Å². The number of ketones is 1. The zero-order chi connectivity index (χ0) is 13.1. The molecular weight excluding hydrogens is 224 g/mol. The second-order valence-electron chi connectivity index (χ2n) is 5.61. The van der Waals surface area contributed by atoms with Crippen molar-refractivity contribution in [1.82, 2.24) is 0 Å². The van der Waals surface area contributed by atoms with Crippen LogP contribution in [0.3, 0.4) is 0 Å². The lowest BCUT2D eigenvalue weighted by atomic mass is 9.95. The first-order valence-electron chi connectivity index (χ1n) is 6.87. The van der Waals surface area contributed by atoms with E-state index in [9.17, 15) is 4.79 Å². The Kier molecular flexibility index (Phi) is 4.05. The molecule has 1 aromatic rings. The van der Waals surface area contributed by atoms with Gasteiger partial charge in [0.1, 0.15) is 5.75 Å². The Labute approximate surface area is 109 Å². The third-order valence-electron chi connectivity index (χ3n) is 3.35. The first-order valence-corrected chi connectivity index (χ1v) is 6.87. The molecule has 0 fully saturated rings. The minimum Gasteiger partial charge on any atom is -0.493 e. The molecule has 0 atom stereocenters. The highest BCUT2D eigenvalue weighted by Gasteiger charge is 2.16. The summed E-state index contributed by atoms with van der Waals surface area (Å²) < 4.78 is 5.78. The average Bonchev–Trinajstić information content (AvgIpc) is 2.53. The van der Waals surface area contributed by atoms with Gasteiger partial charge in [-0.2, -0.15) is 0 Å². The number of carbonyl (C=O) groups is 1. The Balaban J connectivity index is 2.31. The van der Waals surface area contributed by atoms with Crippen LogP contribution in [0.25, 0.3) is 0 Å². The van der Waals surface area contributed by atoms with Gasteiger partial charge in [-0.1, -0.05) is 13.8 Å². The lowest BCUT2D eigenvalue weighted by Gasteiger charge is -2.13. The molecule has 0 bridgehead atoms. The minimum absolute atomic E-state index is 0.250. The van der Waals surface area contributed by atoms with Crippen molar-refractivity contribution in [2.24, 2.45) is 5.92 Å². The summed E-state index contributed by atoms with van der Waals surface area (Å²) in [5, 5.41) is 0. The third kappa shape index (κ3) is 2.92. The second kappa shape index (κ2) is 5.55. The molecule has 18 heavy (non-hydrogen) atoms. The maximum Gasteiger partial charge on any atom is 0.163 e. The number of ether oxygens (including phenoxy) is 1. The van der Waals surface area contributed by atoms with Gasteiger partial charge in [-0.15, -0.1) is 0 Å². The quantitative estimate of drug-likeness (QED) is 0.755. The molecule has 0 N–H and O–H groups in total. The summed E-state index contributed by atoms with van der Waals surface area (Å²) in [6.07, 6.45) is 3.90. The molecule has 1 heterocycles. The fourth-order valence-electron chi connectivity index (χ4n) is 2.48. The van der Waals surface area contributed by atoms with Crippen LogP contribution in [-0.4, -0.2) is 12.4 Å². The van der Waals surface area contributed by atoms with Crippen molar-refractivity contribution in [2.75, 3.05) is 6.61 Å². The average molecular weight is 246 g/mol. The van der Waals surface area contributed by atoms with E-state index in [-0.39, 0.29) is 5.78 Å². The molecule has 2 rings (SSSR count). The molecule has 0 saturated carbocycles. The number of aryl methyl sites for hydroxylation is 2. The maximum atomic E-state index is 12.1. The van der Waals surface area contributed by atoms with Crippen molar-refractivity contribution in [3.8, 4) is 5.75 Å². The Morgan fingerprint density at radius 3 is 2.83 bits per heavy atom. The molecule has 0 aromatic heterocycles. The van der Waals surface area contributed by atoms with Crippen LogP contribution in [0.2, 0.25) is 0 Å². The van der Waals surface area contributed by atoms with Crippen LogP contribution >= 0.6 is 0 Å². The first kappa shape index (κ1) is 13.1. The molecule has 0 radical (unpaired) electrons. The van der Waals surface area contributed by atoms with E-state index in [0.717, 1.165) is 42.7 Å². The predicted octanol–water partition coefficient (Wildman–Crippen LogP) is 3.94. The highest BCUT2D eigenvalue weighted by atomic mass is 16.5. The number of benzene rings is 1. The van der Waals surface area contributed by atoms with Crippen molar-refractivity contribution in [3.05, 3.63) is 28.8 Å². The Morgan fingerprint density at radius 1 is 1.33 bits per heavy atom. The van der Waals surface area contributed by atoms with Crippen molar-refractivity contribution < 1.29 is 9.53 Å².